The predicted molar refractivity (Wildman–Crippen MR) is 85.4 cm³/mol. The Balaban J connectivity index is 2.14. The fourth-order valence-electron chi connectivity index (χ4n) is 1.74. The van der Waals surface area contributed by atoms with E-state index in [0.717, 1.165) is 11.8 Å². The van der Waals surface area contributed by atoms with E-state index in [2.05, 4.69) is 15.6 Å². The third kappa shape index (κ3) is 3.80. The molecule has 0 aliphatic rings. The van der Waals surface area contributed by atoms with E-state index in [1.165, 1.54) is 11.3 Å². The van der Waals surface area contributed by atoms with Crippen molar-refractivity contribution in [3.8, 4) is 0 Å². The molecule has 0 bridgehead atoms. The molecule has 1 aromatic heterocycles. The molecule has 0 fully saturated rings. The Hall–Kier alpha value is -1.92. The second kappa shape index (κ2) is 7.19. The Morgan fingerprint density at radius 1 is 1.48 bits per heavy atom. The van der Waals surface area contributed by atoms with Gasteiger partial charge in [-0.25, -0.2) is 4.98 Å². The fraction of sp³-hybridized carbons (Fsp3) is 0.214. The number of hydrogen-bond donors (Lipinski definition) is 2. The first-order chi connectivity index (χ1) is 10.1. The number of amides is 1. The Bertz CT molecular complexity index is 637. The summed E-state index contributed by atoms with van der Waals surface area (Å²) in [7, 11) is 0. The second-order valence-corrected chi connectivity index (χ2v) is 5.56. The number of para-hydroxylation sites is 1. The van der Waals surface area contributed by atoms with Gasteiger partial charge in [0.05, 0.1) is 16.2 Å². The lowest BCUT2D eigenvalue weighted by Gasteiger charge is -2.10. The predicted octanol–water partition coefficient (Wildman–Crippen LogP) is 3.36. The van der Waals surface area contributed by atoms with Crippen molar-refractivity contribution in [2.75, 3.05) is 17.2 Å². The zero-order valence-corrected chi connectivity index (χ0v) is 12.9. The Kier molecular flexibility index (Phi) is 5.30. The maximum atomic E-state index is 12.3. The summed E-state index contributed by atoms with van der Waals surface area (Å²) >= 11 is 7.33. The van der Waals surface area contributed by atoms with Gasteiger partial charge in [-0.3, -0.25) is 4.79 Å². The van der Waals surface area contributed by atoms with Gasteiger partial charge in [-0.05, 0) is 18.6 Å². The van der Waals surface area contributed by atoms with E-state index in [1.807, 2.05) is 19.1 Å². The zero-order valence-electron chi connectivity index (χ0n) is 11.4. The van der Waals surface area contributed by atoms with Crippen LogP contribution in [0.3, 0.4) is 0 Å². The number of benzene rings is 1. The summed E-state index contributed by atoms with van der Waals surface area (Å²) in [6.07, 6.45) is 1.18. The molecule has 1 amide bonds. The number of nitrogens with one attached hydrogen (secondary N) is 2. The number of hydrogen-bond acceptors (Lipinski definition) is 5. The maximum Gasteiger partial charge on any atom is 0.269 e. The molecule has 0 aliphatic carbocycles. The van der Waals surface area contributed by atoms with Gasteiger partial charge in [-0.1, -0.05) is 23.7 Å². The molecule has 2 aromatic rings. The summed E-state index contributed by atoms with van der Waals surface area (Å²) in [5, 5.41) is 6.26. The topological polar surface area (TPSA) is 71.1 Å². The summed E-state index contributed by atoms with van der Waals surface area (Å²) in [5.74, 6) is 0.200. The molecular formula is C14H14ClN3O2S. The molecule has 0 saturated heterocycles. The van der Waals surface area contributed by atoms with Crippen LogP contribution in [0, 0.1) is 6.92 Å². The molecule has 1 aromatic carbocycles. The molecule has 0 spiro atoms. The molecule has 2 N–H and O–H groups in total. The molecule has 0 atom stereocenters. The van der Waals surface area contributed by atoms with Crippen LogP contribution in [0.4, 0.5) is 11.5 Å². The Labute approximate surface area is 131 Å². The number of nitrogens with zero attached hydrogens (tertiary/aromatic N) is 1. The number of aromatic nitrogens is 1. The second-order valence-electron chi connectivity index (χ2n) is 4.30. The monoisotopic (exact) mass is 323 g/mol. The van der Waals surface area contributed by atoms with Crippen LogP contribution in [-0.4, -0.2) is 23.7 Å². The molecule has 5 nitrogen and oxygen atoms in total. The van der Waals surface area contributed by atoms with E-state index < -0.39 is 0 Å². The third-order valence-corrected chi connectivity index (χ3v) is 3.93. The van der Waals surface area contributed by atoms with Gasteiger partial charge in [-0.15, -0.1) is 11.3 Å². The van der Waals surface area contributed by atoms with E-state index in [-0.39, 0.29) is 5.91 Å². The summed E-state index contributed by atoms with van der Waals surface area (Å²) in [6.45, 7) is 2.32. The van der Waals surface area contributed by atoms with Gasteiger partial charge in [0.1, 0.15) is 17.0 Å². The highest BCUT2D eigenvalue weighted by molar-refractivity contribution is 7.12. The standard InChI is InChI=1S/C14H14ClN3O2S/c1-9-4-2-5-10(15)11(9)18-14(20)12-13(17-8-21-12)16-6-3-7-19/h2,4-5,7-8,16H,3,6H2,1H3,(H,18,20). The van der Waals surface area contributed by atoms with Crippen molar-refractivity contribution in [2.24, 2.45) is 0 Å². The van der Waals surface area contributed by atoms with E-state index in [0.29, 0.717) is 34.4 Å². The van der Waals surface area contributed by atoms with Crippen LogP contribution in [-0.2, 0) is 4.79 Å². The van der Waals surface area contributed by atoms with Crippen molar-refractivity contribution in [1.29, 1.82) is 0 Å². The summed E-state index contributed by atoms with van der Waals surface area (Å²) in [4.78, 5) is 27.2. The van der Waals surface area contributed by atoms with E-state index in [1.54, 1.807) is 11.6 Å². The quantitative estimate of drug-likeness (QED) is 0.631. The first kappa shape index (κ1) is 15.5. The van der Waals surface area contributed by atoms with Gasteiger partial charge in [0.2, 0.25) is 0 Å². The van der Waals surface area contributed by atoms with Crippen molar-refractivity contribution in [3.63, 3.8) is 0 Å². The molecule has 0 aliphatic heterocycles. The van der Waals surface area contributed by atoms with E-state index >= 15 is 0 Å². The minimum absolute atomic E-state index is 0.276. The highest BCUT2D eigenvalue weighted by Crippen LogP contribution is 2.27. The number of rotatable bonds is 6. The molecule has 0 saturated carbocycles. The van der Waals surface area contributed by atoms with Crippen LogP contribution in [0.15, 0.2) is 23.7 Å². The highest BCUT2D eigenvalue weighted by atomic mass is 35.5. The van der Waals surface area contributed by atoms with E-state index in [9.17, 15) is 9.59 Å². The van der Waals surface area contributed by atoms with Crippen LogP contribution in [0.5, 0.6) is 0 Å². The fourth-order valence-corrected chi connectivity index (χ4v) is 2.67. The van der Waals surface area contributed by atoms with Crippen LogP contribution in [0.25, 0.3) is 0 Å². The number of halogens is 1. The number of thiazole rings is 1. The minimum Gasteiger partial charge on any atom is -0.368 e. The molecule has 0 radical (unpaired) electrons. The SMILES string of the molecule is Cc1cccc(Cl)c1NC(=O)c1scnc1NCCC=O. The normalized spacial score (nSPS) is 10.2. The number of anilines is 2. The third-order valence-electron chi connectivity index (χ3n) is 2.79. The molecule has 21 heavy (non-hydrogen) atoms. The Morgan fingerprint density at radius 2 is 2.29 bits per heavy atom. The number of aryl methyl sites for hydroxylation is 1. The number of carbonyl (C=O) groups is 2. The van der Waals surface area contributed by atoms with Crippen LogP contribution in [0.2, 0.25) is 5.02 Å². The van der Waals surface area contributed by atoms with E-state index in [4.69, 9.17) is 11.6 Å². The number of aldehydes is 1. The first-order valence-corrected chi connectivity index (χ1v) is 7.56. The summed E-state index contributed by atoms with van der Waals surface area (Å²) in [5.41, 5.74) is 3.06. The lowest BCUT2D eigenvalue weighted by atomic mass is 10.2. The molecular weight excluding hydrogens is 310 g/mol. The van der Waals surface area contributed by atoms with Gasteiger partial charge in [0.15, 0.2) is 0 Å². The van der Waals surface area contributed by atoms with Crippen molar-refractivity contribution < 1.29 is 9.59 Å². The van der Waals surface area contributed by atoms with Gasteiger partial charge in [0.25, 0.3) is 5.91 Å². The van der Waals surface area contributed by atoms with Crippen molar-refractivity contribution in [2.45, 2.75) is 13.3 Å². The molecule has 1 heterocycles. The minimum atomic E-state index is -0.276. The average Bonchev–Trinajstić information content (AvgIpc) is 2.92. The molecule has 0 unspecified atom stereocenters. The average molecular weight is 324 g/mol. The van der Waals surface area contributed by atoms with Crippen LogP contribution < -0.4 is 10.6 Å². The zero-order chi connectivity index (χ0) is 15.2. The highest BCUT2D eigenvalue weighted by Gasteiger charge is 2.16. The smallest absolute Gasteiger partial charge is 0.269 e. The lowest BCUT2D eigenvalue weighted by Crippen LogP contribution is -2.14. The van der Waals surface area contributed by atoms with Crippen molar-refractivity contribution >= 4 is 46.6 Å². The lowest BCUT2D eigenvalue weighted by molar-refractivity contribution is -0.107. The molecule has 2 rings (SSSR count). The number of carbonyl (C=O) groups excluding carboxylic acids is 2. The van der Waals surface area contributed by atoms with Gasteiger partial charge >= 0.3 is 0 Å². The maximum absolute atomic E-state index is 12.3. The van der Waals surface area contributed by atoms with Crippen molar-refractivity contribution in [1.82, 2.24) is 4.98 Å². The van der Waals surface area contributed by atoms with Crippen LogP contribution in [0.1, 0.15) is 21.7 Å². The van der Waals surface area contributed by atoms with Crippen LogP contribution >= 0.6 is 22.9 Å². The Morgan fingerprint density at radius 3 is 3.00 bits per heavy atom. The summed E-state index contributed by atoms with van der Waals surface area (Å²) in [6, 6.07) is 5.42. The molecule has 110 valence electrons. The summed E-state index contributed by atoms with van der Waals surface area (Å²) < 4.78 is 0. The van der Waals surface area contributed by atoms with Gasteiger partial charge < -0.3 is 15.4 Å². The largest absolute Gasteiger partial charge is 0.368 e. The van der Waals surface area contributed by atoms with Gasteiger partial charge in [0, 0.05) is 13.0 Å². The first-order valence-electron chi connectivity index (χ1n) is 6.31. The molecule has 7 heteroatoms. The van der Waals surface area contributed by atoms with Gasteiger partial charge in [-0.2, -0.15) is 0 Å². The van der Waals surface area contributed by atoms with Crippen molar-refractivity contribution in [3.05, 3.63) is 39.2 Å².